The van der Waals surface area contributed by atoms with E-state index in [2.05, 4.69) is 10.3 Å². The Morgan fingerprint density at radius 2 is 2.32 bits per heavy atom. The van der Waals surface area contributed by atoms with E-state index >= 15 is 0 Å². The van der Waals surface area contributed by atoms with Crippen molar-refractivity contribution in [3.05, 3.63) is 16.1 Å². The molecule has 5 nitrogen and oxygen atoms in total. The summed E-state index contributed by atoms with van der Waals surface area (Å²) in [7, 11) is 0. The number of amides is 1. The number of nitrogens with zero attached hydrogens (tertiary/aromatic N) is 1. The summed E-state index contributed by atoms with van der Waals surface area (Å²) in [5.41, 5.74) is 5.94. The number of hydrogen-bond acceptors (Lipinski definition) is 5. The van der Waals surface area contributed by atoms with Crippen molar-refractivity contribution in [3.8, 4) is 0 Å². The molecule has 0 spiro atoms. The van der Waals surface area contributed by atoms with E-state index in [9.17, 15) is 9.90 Å². The highest BCUT2D eigenvalue weighted by molar-refractivity contribution is 7.09. The molecule has 1 fully saturated rings. The SMILES string of the molecule is NCCc1nc(C(=O)NC2CCCCC2CO)cs1. The number of rotatable bonds is 5. The van der Waals surface area contributed by atoms with E-state index in [1.807, 2.05) is 0 Å². The second-order valence-electron chi connectivity index (χ2n) is 4.97. The summed E-state index contributed by atoms with van der Waals surface area (Å²) in [5, 5.41) is 15.0. The summed E-state index contributed by atoms with van der Waals surface area (Å²) in [6.07, 6.45) is 4.88. The van der Waals surface area contributed by atoms with Crippen LogP contribution in [0.4, 0.5) is 0 Å². The molecule has 2 unspecified atom stereocenters. The molecule has 19 heavy (non-hydrogen) atoms. The number of aliphatic hydroxyl groups is 1. The van der Waals surface area contributed by atoms with Gasteiger partial charge in [-0.2, -0.15) is 0 Å². The lowest BCUT2D eigenvalue weighted by Gasteiger charge is -2.30. The summed E-state index contributed by atoms with van der Waals surface area (Å²) >= 11 is 1.47. The molecule has 1 aromatic rings. The topological polar surface area (TPSA) is 88.2 Å². The van der Waals surface area contributed by atoms with Crippen molar-refractivity contribution < 1.29 is 9.90 Å². The first-order chi connectivity index (χ1) is 9.24. The standard InChI is InChI=1S/C13H21N3O2S/c14-6-5-12-15-11(8-19-12)13(18)16-10-4-2-1-3-9(10)7-17/h8-10,17H,1-7,14H2,(H,16,18). The van der Waals surface area contributed by atoms with Gasteiger partial charge in [0.05, 0.1) is 5.01 Å². The number of hydrogen-bond donors (Lipinski definition) is 3. The number of nitrogens with one attached hydrogen (secondary N) is 1. The van der Waals surface area contributed by atoms with Crippen molar-refractivity contribution in [2.45, 2.75) is 38.1 Å². The molecule has 1 heterocycles. The summed E-state index contributed by atoms with van der Waals surface area (Å²) in [6, 6.07) is 0.0749. The zero-order valence-electron chi connectivity index (χ0n) is 11.0. The second kappa shape index (κ2) is 6.98. The van der Waals surface area contributed by atoms with Gasteiger partial charge in [-0.25, -0.2) is 4.98 Å². The van der Waals surface area contributed by atoms with Crippen LogP contribution in [0.15, 0.2) is 5.38 Å². The molecule has 4 N–H and O–H groups in total. The van der Waals surface area contributed by atoms with E-state index in [-0.39, 0.29) is 24.5 Å². The van der Waals surface area contributed by atoms with Gasteiger partial charge in [0.1, 0.15) is 5.69 Å². The average Bonchev–Trinajstić information content (AvgIpc) is 2.88. The Bertz CT molecular complexity index is 422. The highest BCUT2D eigenvalue weighted by Gasteiger charge is 2.26. The maximum Gasteiger partial charge on any atom is 0.270 e. The molecule has 1 amide bonds. The number of aromatic nitrogens is 1. The molecule has 0 aromatic carbocycles. The Kier molecular flexibility index (Phi) is 5.30. The van der Waals surface area contributed by atoms with Crippen LogP contribution in [0.1, 0.15) is 41.2 Å². The Labute approximate surface area is 117 Å². The second-order valence-corrected chi connectivity index (χ2v) is 5.91. The quantitative estimate of drug-likeness (QED) is 0.750. The zero-order chi connectivity index (χ0) is 13.7. The Morgan fingerprint density at radius 3 is 3.05 bits per heavy atom. The first-order valence-electron chi connectivity index (χ1n) is 6.80. The van der Waals surface area contributed by atoms with Gasteiger partial charge in [0, 0.05) is 30.4 Å². The minimum atomic E-state index is -0.134. The lowest BCUT2D eigenvalue weighted by molar-refractivity contribution is 0.0868. The normalized spacial score (nSPS) is 23.3. The Balaban J connectivity index is 1.95. The van der Waals surface area contributed by atoms with Crippen LogP contribution in [-0.4, -0.2) is 35.2 Å². The van der Waals surface area contributed by atoms with E-state index in [1.165, 1.54) is 11.3 Å². The van der Waals surface area contributed by atoms with Gasteiger partial charge in [-0.05, 0) is 19.4 Å². The van der Waals surface area contributed by atoms with E-state index in [0.29, 0.717) is 18.7 Å². The Hall–Kier alpha value is -0.980. The van der Waals surface area contributed by atoms with E-state index < -0.39 is 0 Å². The molecular formula is C13H21N3O2S. The number of aliphatic hydroxyl groups excluding tert-OH is 1. The number of carbonyl (C=O) groups excluding carboxylic acids is 1. The molecule has 0 saturated heterocycles. The van der Waals surface area contributed by atoms with Crippen molar-refractivity contribution in [3.63, 3.8) is 0 Å². The molecule has 1 saturated carbocycles. The van der Waals surface area contributed by atoms with Crippen LogP contribution in [0.5, 0.6) is 0 Å². The summed E-state index contributed by atoms with van der Waals surface area (Å²) in [5.74, 6) is 0.0460. The lowest BCUT2D eigenvalue weighted by Crippen LogP contribution is -2.43. The van der Waals surface area contributed by atoms with Gasteiger partial charge >= 0.3 is 0 Å². The fraction of sp³-hybridized carbons (Fsp3) is 0.692. The van der Waals surface area contributed by atoms with Gasteiger partial charge in [-0.15, -0.1) is 11.3 Å². The molecule has 2 rings (SSSR count). The molecule has 106 valence electrons. The van der Waals surface area contributed by atoms with Crippen LogP contribution in [0.2, 0.25) is 0 Å². The molecular weight excluding hydrogens is 262 g/mol. The van der Waals surface area contributed by atoms with E-state index in [1.54, 1.807) is 5.38 Å². The fourth-order valence-electron chi connectivity index (χ4n) is 2.51. The summed E-state index contributed by atoms with van der Waals surface area (Å²) in [4.78, 5) is 16.4. The van der Waals surface area contributed by atoms with Crippen molar-refractivity contribution in [1.82, 2.24) is 10.3 Å². The minimum absolute atomic E-state index is 0.0749. The first kappa shape index (κ1) is 14.4. The van der Waals surface area contributed by atoms with E-state index in [0.717, 1.165) is 30.7 Å². The predicted molar refractivity (Wildman–Crippen MR) is 75.2 cm³/mol. The van der Waals surface area contributed by atoms with Crippen molar-refractivity contribution in [2.24, 2.45) is 11.7 Å². The Morgan fingerprint density at radius 1 is 1.53 bits per heavy atom. The van der Waals surface area contributed by atoms with Gasteiger partial charge in [-0.3, -0.25) is 4.79 Å². The fourth-order valence-corrected chi connectivity index (χ4v) is 3.31. The van der Waals surface area contributed by atoms with Gasteiger partial charge in [0.2, 0.25) is 0 Å². The molecule has 0 aliphatic heterocycles. The number of thiazole rings is 1. The van der Waals surface area contributed by atoms with Crippen molar-refractivity contribution >= 4 is 17.2 Å². The maximum atomic E-state index is 12.1. The van der Waals surface area contributed by atoms with Crippen LogP contribution >= 0.6 is 11.3 Å². The number of carbonyl (C=O) groups is 1. The zero-order valence-corrected chi connectivity index (χ0v) is 11.8. The largest absolute Gasteiger partial charge is 0.396 e. The van der Waals surface area contributed by atoms with Gasteiger partial charge in [0.15, 0.2) is 0 Å². The van der Waals surface area contributed by atoms with Gasteiger partial charge in [0.25, 0.3) is 5.91 Å². The first-order valence-corrected chi connectivity index (χ1v) is 7.68. The predicted octanol–water partition coefficient (Wildman–Crippen LogP) is 0.925. The highest BCUT2D eigenvalue weighted by atomic mass is 32.1. The van der Waals surface area contributed by atoms with Crippen LogP contribution in [0.25, 0.3) is 0 Å². The highest BCUT2D eigenvalue weighted by Crippen LogP contribution is 2.24. The van der Waals surface area contributed by atoms with Crippen LogP contribution in [0, 0.1) is 5.92 Å². The molecule has 1 aromatic heterocycles. The number of nitrogens with two attached hydrogens (primary N) is 1. The smallest absolute Gasteiger partial charge is 0.270 e. The molecule has 1 aliphatic carbocycles. The molecule has 0 bridgehead atoms. The maximum absolute atomic E-state index is 12.1. The van der Waals surface area contributed by atoms with Gasteiger partial charge in [-0.1, -0.05) is 12.8 Å². The van der Waals surface area contributed by atoms with Crippen LogP contribution in [0.3, 0.4) is 0 Å². The molecule has 2 atom stereocenters. The van der Waals surface area contributed by atoms with E-state index in [4.69, 9.17) is 5.73 Å². The third-order valence-corrected chi connectivity index (χ3v) is 4.51. The average molecular weight is 283 g/mol. The monoisotopic (exact) mass is 283 g/mol. The minimum Gasteiger partial charge on any atom is -0.396 e. The third-order valence-electron chi connectivity index (χ3n) is 3.60. The molecule has 0 radical (unpaired) electrons. The summed E-state index contributed by atoms with van der Waals surface area (Å²) < 4.78 is 0. The lowest BCUT2D eigenvalue weighted by atomic mass is 9.85. The van der Waals surface area contributed by atoms with Crippen molar-refractivity contribution in [2.75, 3.05) is 13.2 Å². The third kappa shape index (κ3) is 3.75. The van der Waals surface area contributed by atoms with Crippen molar-refractivity contribution in [1.29, 1.82) is 0 Å². The molecule has 1 aliphatic rings. The summed E-state index contributed by atoms with van der Waals surface area (Å²) in [6.45, 7) is 0.685. The van der Waals surface area contributed by atoms with Crippen LogP contribution in [-0.2, 0) is 6.42 Å². The van der Waals surface area contributed by atoms with Crippen LogP contribution < -0.4 is 11.1 Å². The molecule has 6 heteroatoms. The van der Waals surface area contributed by atoms with Gasteiger partial charge < -0.3 is 16.2 Å².